The minimum Gasteiger partial charge on any atom is -0.455 e. The van der Waals surface area contributed by atoms with Crippen LogP contribution < -0.4 is 19.7 Å². The van der Waals surface area contributed by atoms with E-state index in [1.54, 1.807) is 12.3 Å². The number of rotatable bonds is 12. The fourth-order valence-corrected chi connectivity index (χ4v) is 10.9. The minimum absolute atomic E-state index is 0.00165. The lowest BCUT2D eigenvalue weighted by atomic mass is 9.60. The highest BCUT2D eigenvalue weighted by Crippen LogP contribution is 2.54. The van der Waals surface area contributed by atoms with Crippen LogP contribution in [0.1, 0.15) is 93.1 Å². The maximum absolute atomic E-state index is 16.3. The molecule has 2 saturated carbocycles. The van der Waals surface area contributed by atoms with Crippen molar-refractivity contribution in [3.63, 3.8) is 0 Å². The number of benzene rings is 3. The highest BCUT2D eigenvalue weighted by Gasteiger charge is 2.50. The number of fused-ring (bicyclic) bond motifs is 1. The van der Waals surface area contributed by atoms with E-state index in [9.17, 15) is 24.2 Å². The summed E-state index contributed by atoms with van der Waals surface area (Å²) in [6.45, 7) is 4.74. The summed E-state index contributed by atoms with van der Waals surface area (Å²) in [6.07, 6.45) is 12.7. The zero-order chi connectivity index (χ0) is 42.3. The van der Waals surface area contributed by atoms with Crippen molar-refractivity contribution in [1.29, 1.82) is 0 Å². The number of aromatic amines is 1. The fourth-order valence-electron chi connectivity index (χ4n) is 10.1. The molecule has 2 aliphatic heterocycles. The monoisotopic (exact) mass is 849 g/mol. The molecule has 2 atom stereocenters. The van der Waals surface area contributed by atoms with Gasteiger partial charge in [0.05, 0.1) is 32.9 Å². The number of carbonyl (C=O) groups excluding carboxylic acids is 1. The van der Waals surface area contributed by atoms with Crippen LogP contribution in [0.25, 0.3) is 11.0 Å². The van der Waals surface area contributed by atoms with Gasteiger partial charge < -0.3 is 25.0 Å². The number of nitrogens with zero attached hydrogens (tertiary/aromatic N) is 4. The number of likely N-dealkylation sites (tertiary alicyclic amines) is 1. The lowest BCUT2D eigenvalue weighted by Crippen LogP contribution is -2.55. The number of halogens is 1. The third-order valence-corrected chi connectivity index (χ3v) is 14.7. The zero-order valence-corrected chi connectivity index (χ0v) is 35.1. The van der Waals surface area contributed by atoms with Crippen LogP contribution in [0.15, 0.2) is 90.1 Å². The zero-order valence-electron chi connectivity index (χ0n) is 34.3. The number of H-pyrrole nitrogens is 1. The number of aromatic nitrogens is 2. The molecule has 0 radical (unpaired) electrons. The number of anilines is 2. The molecule has 61 heavy (non-hydrogen) atoms. The van der Waals surface area contributed by atoms with Gasteiger partial charge in [-0.25, -0.2) is 13.6 Å². The van der Waals surface area contributed by atoms with Crippen molar-refractivity contribution in [2.45, 2.75) is 93.7 Å². The van der Waals surface area contributed by atoms with Crippen molar-refractivity contribution in [2.75, 3.05) is 36.4 Å². The molecule has 4 heterocycles. The van der Waals surface area contributed by atoms with Gasteiger partial charge in [0.1, 0.15) is 28.7 Å². The number of hydrogen-bond acceptors (Lipinski definition) is 10. The number of carbonyl (C=O) groups is 1. The van der Waals surface area contributed by atoms with Crippen LogP contribution >= 0.6 is 0 Å². The Morgan fingerprint density at radius 1 is 1.03 bits per heavy atom. The van der Waals surface area contributed by atoms with E-state index in [0.29, 0.717) is 61.6 Å². The van der Waals surface area contributed by atoms with Gasteiger partial charge in [0.2, 0.25) is 0 Å². The van der Waals surface area contributed by atoms with Gasteiger partial charge in [0, 0.05) is 55.4 Å². The molecule has 3 aromatic carbocycles. The second-order valence-corrected chi connectivity index (χ2v) is 19.0. The molecule has 4 N–H and O–H groups in total. The minimum atomic E-state index is -2.24. The number of nitro benzene ring substituents is 1. The summed E-state index contributed by atoms with van der Waals surface area (Å²) in [6, 6.07) is 22.2. The Hall–Kier alpha value is -5.38. The van der Waals surface area contributed by atoms with Crippen molar-refractivity contribution in [3.05, 3.63) is 112 Å². The highest BCUT2D eigenvalue weighted by molar-refractivity contribution is 7.83. The lowest BCUT2D eigenvalue weighted by Gasteiger charge is -2.56. The molecule has 4 fully saturated rings. The number of hydrogen-bond donors (Lipinski definition) is 4. The molecular weight excluding hydrogens is 798 g/mol. The first-order valence-electron chi connectivity index (χ1n) is 21.4. The molecule has 15 heteroatoms. The Balaban J connectivity index is 0.900. The van der Waals surface area contributed by atoms with Crippen LogP contribution in [-0.2, 0) is 11.0 Å². The molecule has 2 unspecified atom stereocenters. The van der Waals surface area contributed by atoms with Gasteiger partial charge in [-0.1, -0.05) is 30.3 Å². The molecule has 13 nitrogen and oxygen atoms in total. The molecule has 4 aliphatic rings. The molecule has 2 aromatic heterocycles. The normalized spacial score (nSPS) is 23.4. The number of piperidine rings is 1. The van der Waals surface area contributed by atoms with Crippen molar-refractivity contribution in [2.24, 2.45) is 11.3 Å². The van der Waals surface area contributed by atoms with E-state index in [1.807, 2.05) is 17.9 Å². The van der Waals surface area contributed by atoms with Gasteiger partial charge in [-0.15, -0.1) is 0 Å². The Labute approximate surface area is 356 Å². The van der Waals surface area contributed by atoms with Crippen molar-refractivity contribution in [3.8, 4) is 11.5 Å². The van der Waals surface area contributed by atoms with Gasteiger partial charge in [0.15, 0.2) is 11.0 Å². The second kappa shape index (κ2) is 16.8. The van der Waals surface area contributed by atoms with E-state index < -0.39 is 33.2 Å². The number of nitro groups is 1. The SMILES string of the molecule is CC1(O)CCC(CNc2ccc(S(=O)NC(=O)c3cc(F)c(N4CCC5(CC4)CC(N4CCCC4c4ccccc4)C5)cc3Oc3cnc4[nH]ccc4c3)cc2[N+](=O)[O-])CC1. The summed E-state index contributed by atoms with van der Waals surface area (Å²) in [5.41, 5.74) is 1.69. The topological polar surface area (TPSA) is 166 Å². The summed E-state index contributed by atoms with van der Waals surface area (Å²) >= 11 is 0. The first-order chi connectivity index (χ1) is 29.4. The first-order valence-corrected chi connectivity index (χ1v) is 22.6. The average molecular weight is 850 g/mol. The lowest BCUT2D eigenvalue weighted by molar-refractivity contribution is -0.384. The maximum Gasteiger partial charge on any atom is 0.293 e. The Bertz CT molecular complexity index is 2440. The predicted octanol–water partition coefficient (Wildman–Crippen LogP) is 8.79. The number of aliphatic hydroxyl groups is 1. The molecule has 320 valence electrons. The number of ether oxygens (including phenoxy) is 1. The molecule has 1 amide bonds. The van der Waals surface area contributed by atoms with Crippen LogP contribution in [0.5, 0.6) is 11.5 Å². The van der Waals surface area contributed by atoms with Crippen LogP contribution in [0.4, 0.5) is 21.5 Å². The average Bonchev–Trinajstić information content (AvgIpc) is 3.93. The largest absolute Gasteiger partial charge is 0.455 e. The quantitative estimate of drug-likeness (QED) is 0.0704. The predicted molar refractivity (Wildman–Crippen MR) is 233 cm³/mol. The van der Waals surface area contributed by atoms with Crippen LogP contribution in [0, 0.1) is 27.3 Å². The van der Waals surface area contributed by atoms with Gasteiger partial charge in [0.25, 0.3) is 11.6 Å². The van der Waals surface area contributed by atoms with Gasteiger partial charge in [-0.05, 0) is 125 Å². The third-order valence-electron chi connectivity index (χ3n) is 13.7. The molecule has 9 rings (SSSR count). The summed E-state index contributed by atoms with van der Waals surface area (Å²) < 4.78 is 38.6. The van der Waals surface area contributed by atoms with Gasteiger partial charge in [-0.2, -0.15) is 0 Å². The van der Waals surface area contributed by atoms with E-state index in [-0.39, 0.29) is 38.9 Å². The van der Waals surface area contributed by atoms with Crippen LogP contribution in [-0.4, -0.2) is 72.8 Å². The Morgan fingerprint density at radius 2 is 1.80 bits per heavy atom. The van der Waals surface area contributed by atoms with Gasteiger partial charge in [-0.3, -0.25) is 24.5 Å². The number of nitrogens with one attached hydrogen (secondary N) is 3. The number of pyridine rings is 1. The van der Waals surface area contributed by atoms with E-state index in [0.717, 1.165) is 56.5 Å². The Morgan fingerprint density at radius 3 is 2.56 bits per heavy atom. The van der Waals surface area contributed by atoms with Crippen LogP contribution in [0.2, 0.25) is 0 Å². The van der Waals surface area contributed by atoms with E-state index in [4.69, 9.17) is 4.74 Å². The van der Waals surface area contributed by atoms with E-state index >= 15 is 4.39 Å². The van der Waals surface area contributed by atoms with E-state index in [2.05, 4.69) is 55.2 Å². The maximum atomic E-state index is 16.3. The summed E-state index contributed by atoms with van der Waals surface area (Å²) in [5, 5.41) is 26.3. The van der Waals surface area contributed by atoms with E-state index in [1.165, 1.54) is 48.9 Å². The molecular formula is C46H52FN7O6S. The van der Waals surface area contributed by atoms with Crippen LogP contribution in [0.3, 0.4) is 0 Å². The Kier molecular flexibility index (Phi) is 11.3. The first kappa shape index (κ1) is 41.0. The molecule has 0 bridgehead atoms. The summed E-state index contributed by atoms with van der Waals surface area (Å²) in [5.74, 6) is -0.859. The molecule has 5 aromatic rings. The fraction of sp³-hybridized carbons (Fsp3) is 0.435. The standard InChI is InChI=1S/C46H52FN7O6S/c1-45(56)14-11-30(12-15-45)28-49-38-10-9-35(23-41(38)54(57)58)61(59)51-44(55)36-24-37(47)40(25-42(36)60-34-22-32-13-18-48-43(32)50-29-34)52-20-16-46(17-21-52)26-33(27-46)53-19-5-8-39(53)31-6-3-2-4-7-31/h2-4,6-7,9-10,13,18,22-25,29-30,33,39,49,56H,5,8,11-12,14-17,19-21,26-28H2,1H3,(H,48,50)(H,51,55). The smallest absolute Gasteiger partial charge is 0.293 e. The van der Waals surface area contributed by atoms with Crippen molar-refractivity contribution >= 4 is 45.0 Å². The highest BCUT2D eigenvalue weighted by atomic mass is 32.2. The molecule has 1 spiro atoms. The third kappa shape index (κ3) is 8.73. The molecule has 2 aliphatic carbocycles. The molecule has 2 saturated heterocycles. The summed E-state index contributed by atoms with van der Waals surface area (Å²) in [7, 11) is -2.24. The number of amides is 1. The second-order valence-electron chi connectivity index (χ2n) is 17.8. The van der Waals surface area contributed by atoms with Crippen molar-refractivity contribution in [1.82, 2.24) is 19.6 Å². The summed E-state index contributed by atoms with van der Waals surface area (Å²) in [4.78, 5) is 37.6. The van der Waals surface area contributed by atoms with Gasteiger partial charge >= 0.3 is 0 Å². The van der Waals surface area contributed by atoms with Crippen molar-refractivity contribution < 1.29 is 28.2 Å².